The van der Waals surface area contributed by atoms with Crippen LogP contribution in [0.25, 0.3) is 5.76 Å². The lowest BCUT2D eigenvalue weighted by molar-refractivity contribution is -0.160. The largest absolute Gasteiger partial charge is 0.507 e. The summed E-state index contributed by atoms with van der Waals surface area (Å²) in [5.74, 6) is -11.0. The molecule has 15 heteroatoms. The van der Waals surface area contributed by atoms with Crippen LogP contribution in [-0.2, 0) is 28.6 Å². The van der Waals surface area contributed by atoms with Gasteiger partial charge in [0.2, 0.25) is 5.78 Å². The molecule has 298 valence electrons. The van der Waals surface area contributed by atoms with Gasteiger partial charge in [0, 0.05) is 75.4 Å². The number of hydrogen-bond donors (Lipinski definition) is 4. The standard InChI is InChI=1S/C40H50N2O13/c1-17-13-12-14-18(2)38(50)41-29-28(39(51)42(9)10)33(47)25-26(34(29)48)32(46)22(6)36-27(25)37(49)40(8,55-36)53-16-15-24(52-11)19(3)35(54-23(7)43)21(5)31(45)20(4)30(17)44/h12-17,19-21,24,30-31,35,44-47H,1-11H3/b13-12+,16-15+,18-14-,41-29?. The van der Waals surface area contributed by atoms with Crippen LogP contribution in [0.3, 0.4) is 0 Å². The zero-order valence-corrected chi connectivity index (χ0v) is 32.9. The summed E-state index contributed by atoms with van der Waals surface area (Å²) in [5.41, 5.74) is -2.91. The molecule has 3 aliphatic heterocycles. The summed E-state index contributed by atoms with van der Waals surface area (Å²) < 4.78 is 23.2. The van der Waals surface area contributed by atoms with Crippen molar-refractivity contribution in [2.24, 2.45) is 28.7 Å². The second kappa shape index (κ2) is 16.3. The lowest BCUT2D eigenvalue weighted by Gasteiger charge is -2.38. The summed E-state index contributed by atoms with van der Waals surface area (Å²) in [6, 6.07) is 0. The van der Waals surface area contributed by atoms with Gasteiger partial charge in [-0.25, -0.2) is 4.99 Å². The molecule has 0 fully saturated rings. The Balaban J connectivity index is 1.98. The highest BCUT2D eigenvalue weighted by molar-refractivity contribution is 6.61. The van der Waals surface area contributed by atoms with Crippen molar-refractivity contribution in [3.63, 3.8) is 0 Å². The molecule has 9 unspecified atom stereocenters. The maximum Gasteiger partial charge on any atom is 0.312 e. The van der Waals surface area contributed by atoms with Crippen LogP contribution in [0.15, 0.2) is 46.7 Å². The number of allylic oxidation sites excluding steroid dienone is 2. The van der Waals surface area contributed by atoms with Gasteiger partial charge in [0.05, 0.1) is 35.7 Å². The third-order valence-corrected chi connectivity index (χ3v) is 10.5. The minimum Gasteiger partial charge on any atom is -0.507 e. The number of methoxy groups -OCH3 is 1. The summed E-state index contributed by atoms with van der Waals surface area (Å²) in [4.78, 5) is 72.6. The fourth-order valence-corrected chi connectivity index (χ4v) is 7.08. The normalized spacial score (nSPS) is 32.5. The second-order valence-electron chi connectivity index (χ2n) is 14.7. The smallest absolute Gasteiger partial charge is 0.312 e. The number of aliphatic hydroxyl groups is 3. The van der Waals surface area contributed by atoms with Gasteiger partial charge in [0.1, 0.15) is 34.6 Å². The molecular weight excluding hydrogens is 716 g/mol. The highest BCUT2D eigenvalue weighted by Crippen LogP contribution is 2.50. The number of aliphatic imine (C=N–C) groups is 1. The Morgan fingerprint density at radius 2 is 1.56 bits per heavy atom. The first-order valence-electron chi connectivity index (χ1n) is 17.8. The van der Waals surface area contributed by atoms with Gasteiger partial charge in [-0.05, 0) is 19.9 Å². The lowest BCUT2D eigenvalue weighted by atomic mass is 9.78. The molecule has 0 saturated carbocycles. The average molecular weight is 767 g/mol. The Hall–Kier alpha value is -5.12. The SMILES string of the molecule is COC1/C=C/OC2(C)Oc3c(C)c(O)c4c(c3C2=O)C(O)=C(C(=O)N(C)C)C(=NC(=O)/C(C)=C\C=C\C(C)C(O)C(C)C(O)C(C)C(OC(C)=O)C1C)C4=O. The molecule has 0 saturated heterocycles. The van der Waals surface area contributed by atoms with Gasteiger partial charge in [0.15, 0.2) is 0 Å². The van der Waals surface area contributed by atoms with Crippen molar-refractivity contribution >= 4 is 40.8 Å². The number of ether oxygens (including phenoxy) is 4. The Morgan fingerprint density at radius 3 is 2.15 bits per heavy atom. The predicted octanol–water partition coefficient (Wildman–Crippen LogP) is 3.77. The number of benzene rings is 1. The molecule has 4 N–H and O–H groups in total. The number of carbonyl (C=O) groups excluding carboxylic acids is 5. The van der Waals surface area contributed by atoms with E-state index in [4.69, 9.17) is 18.9 Å². The predicted molar refractivity (Wildman–Crippen MR) is 199 cm³/mol. The maximum absolute atomic E-state index is 14.2. The van der Waals surface area contributed by atoms with Gasteiger partial charge in [-0.3, -0.25) is 24.0 Å². The van der Waals surface area contributed by atoms with E-state index in [0.717, 1.165) is 11.2 Å². The first-order valence-corrected chi connectivity index (χ1v) is 17.8. The number of hydrogen-bond acceptors (Lipinski definition) is 13. The van der Waals surface area contributed by atoms with Gasteiger partial charge >= 0.3 is 11.8 Å². The Bertz CT molecular complexity index is 1940. The molecule has 0 spiro atoms. The van der Waals surface area contributed by atoms with Gasteiger partial charge in [-0.15, -0.1) is 0 Å². The van der Waals surface area contributed by atoms with E-state index in [1.54, 1.807) is 33.8 Å². The number of ketones is 2. The number of aliphatic hydroxyl groups excluding tert-OH is 3. The minimum absolute atomic E-state index is 0.00107. The summed E-state index contributed by atoms with van der Waals surface area (Å²) in [7, 11) is 4.09. The van der Waals surface area contributed by atoms with E-state index in [0.29, 0.717) is 0 Å². The topological polar surface area (TPSA) is 219 Å². The van der Waals surface area contributed by atoms with Crippen LogP contribution in [0.4, 0.5) is 0 Å². The number of aromatic hydroxyl groups is 1. The van der Waals surface area contributed by atoms with Crippen LogP contribution >= 0.6 is 0 Å². The van der Waals surface area contributed by atoms with E-state index in [-0.39, 0.29) is 22.4 Å². The fraction of sp³-hybridized carbons (Fsp3) is 0.500. The molecule has 0 aromatic heterocycles. The van der Waals surface area contributed by atoms with Crippen molar-refractivity contribution in [2.75, 3.05) is 21.2 Å². The number of nitrogens with zero attached hydrogens (tertiary/aromatic N) is 2. The van der Waals surface area contributed by atoms with Crippen molar-refractivity contribution in [3.8, 4) is 11.5 Å². The molecular formula is C40H50N2O13. The van der Waals surface area contributed by atoms with Gasteiger partial charge in [-0.2, -0.15) is 0 Å². The van der Waals surface area contributed by atoms with Crippen LogP contribution in [0.1, 0.15) is 80.3 Å². The number of rotatable bonds is 3. The zero-order valence-electron chi connectivity index (χ0n) is 32.9. The number of phenols is 1. The minimum atomic E-state index is -2.13. The molecule has 15 nitrogen and oxygen atoms in total. The highest BCUT2D eigenvalue weighted by Gasteiger charge is 2.53. The zero-order chi connectivity index (χ0) is 41.4. The summed E-state index contributed by atoms with van der Waals surface area (Å²) in [5, 5.41) is 45.8. The van der Waals surface area contributed by atoms with Crippen molar-refractivity contribution in [2.45, 2.75) is 85.6 Å². The fourth-order valence-electron chi connectivity index (χ4n) is 7.08. The van der Waals surface area contributed by atoms with Crippen LogP contribution in [0.2, 0.25) is 0 Å². The van der Waals surface area contributed by atoms with E-state index in [1.165, 1.54) is 67.1 Å². The van der Waals surface area contributed by atoms with Gasteiger partial charge in [-0.1, -0.05) is 45.9 Å². The third-order valence-electron chi connectivity index (χ3n) is 10.5. The first kappa shape index (κ1) is 42.6. The Labute approximate surface area is 319 Å². The number of likely N-dealkylation sites (N-methyl/N-ethyl adjacent to an activating group) is 1. The van der Waals surface area contributed by atoms with Crippen molar-refractivity contribution in [1.82, 2.24) is 4.90 Å². The average Bonchev–Trinajstić information content (AvgIpc) is 3.39. The molecule has 3 heterocycles. The number of amides is 2. The summed E-state index contributed by atoms with van der Waals surface area (Å²) in [6.07, 6.45) is 3.02. The van der Waals surface area contributed by atoms with Crippen molar-refractivity contribution in [1.29, 1.82) is 0 Å². The molecule has 55 heavy (non-hydrogen) atoms. The van der Waals surface area contributed by atoms with Crippen LogP contribution < -0.4 is 4.74 Å². The first-order chi connectivity index (χ1) is 25.6. The molecule has 9 atom stereocenters. The molecule has 1 aromatic rings. The Kier molecular flexibility index (Phi) is 12.6. The van der Waals surface area contributed by atoms with Crippen LogP contribution in [0, 0.1) is 30.6 Å². The second-order valence-corrected chi connectivity index (χ2v) is 14.7. The van der Waals surface area contributed by atoms with E-state index >= 15 is 0 Å². The molecule has 0 radical (unpaired) electrons. The lowest BCUT2D eigenvalue weighted by Crippen LogP contribution is -2.46. The van der Waals surface area contributed by atoms with Crippen LogP contribution in [-0.4, -0.2) is 112 Å². The van der Waals surface area contributed by atoms with Gasteiger partial charge in [0.25, 0.3) is 17.6 Å². The van der Waals surface area contributed by atoms with E-state index in [2.05, 4.69) is 4.99 Å². The summed E-state index contributed by atoms with van der Waals surface area (Å²) >= 11 is 0. The molecule has 5 rings (SSSR count). The number of fused-ring (bicyclic) bond motifs is 13. The van der Waals surface area contributed by atoms with Crippen molar-refractivity contribution in [3.05, 3.63) is 64.0 Å². The number of carbonyl (C=O) groups is 5. The van der Waals surface area contributed by atoms with E-state index in [9.17, 15) is 44.4 Å². The van der Waals surface area contributed by atoms with Crippen LogP contribution in [0.5, 0.6) is 11.5 Å². The molecule has 4 aliphatic rings. The third kappa shape index (κ3) is 7.86. The molecule has 2 amide bonds. The van der Waals surface area contributed by atoms with E-state index in [1.807, 2.05) is 0 Å². The molecule has 1 aliphatic carbocycles. The molecule has 5 bridgehead atoms. The quantitative estimate of drug-likeness (QED) is 0.323. The highest BCUT2D eigenvalue weighted by atomic mass is 16.7. The van der Waals surface area contributed by atoms with E-state index < -0.39 is 117 Å². The number of esters is 1. The number of phenolic OH excluding ortho intramolecular Hbond substituents is 1. The number of Topliss-reactive ketones (excluding diaryl/α,β-unsaturated/α-hetero) is 2. The van der Waals surface area contributed by atoms with Gasteiger partial charge < -0.3 is 44.3 Å². The summed E-state index contributed by atoms with van der Waals surface area (Å²) in [6.45, 7) is 12.1. The Morgan fingerprint density at radius 1 is 0.927 bits per heavy atom. The molecule has 1 aromatic carbocycles. The maximum atomic E-state index is 14.2. The monoisotopic (exact) mass is 766 g/mol. The van der Waals surface area contributed by atoms with Crippen molar-refractivity contribution < 1.29 is 63.3 Å².